The van der Waals surface area contributed by atoms with E-state index >= 15 is 0 Å². The van der Waals surface area contributed by atoms with Gasteiger partial charge in [-0.3, -0.25) is 4.79 Å². The normalized spacial score (nSPS) is 21.2. The van der Waals surface area contributed by atoms with E-state index in [0.29, 0.717) is 49.1 Å². The van der Waals surface area contributed by atoms with Crippen LogP contribution in [0.4, 0.5) is 16.6 Å². The van der Waals surface area contributed by atoms with Gasteiger partial charge in [-0.2, -0.15) is 4.98 Å². The number of anilines is 2. The summed E-state index contributed by atoms with van der Waals surface area (Å²) in [4.78, 5) is 35.8. The fourth-order valence-corrected chi connectivity index (χ4v) is 5.44. The monoisotopic (exact) mass is 550 g/mol. The predicted molar refractivity (Wildman–Crippen MR) is 143 cm³/mol. The molecule has 2 aliphatic heterocycles. The lowest BCUT2D eigenvalue weighted by Crippen LogP contribution is -2.55. The Morgan fingerprint density at radius 3 is 2.51 bits per heavy atom. The van der Waals surface area contributed by atoms with Crippen molar-refractivity contribution < 1.29 is 19.1 Å². The number of carbonyl (C=O) groups is 2. The van der Waals surface area contributed by atoms with Crippen molar-refractivity contribution in [3.8, 4) is 11.1 Å². The number of ether oxygens (including phenoxy) is 2. The third-order valence-corrected chi connectivity index (χ3v) is 7.68. The quantitative estimate of drug-likeness (QED) is 0.517. The van der Waals surface area contributed by atoms with Crippen LogP contribution in [0.25, 0.3) is 11.1 Å². The van der Waals surface area contributed by atoms with Crippen molar-refractivity contribution in [1.29, 1.82) is 0 Å². The number of nitrogens with one attached hydrogen (secondary N) is 1. The van der Waals surface area contributed by atoms with Crippen molar-refractivity contribution in [3.63, 3.8) is 0 Å². The van der Waals surface area contributed by atoms with Crippen molar-refractivity contribution in [2.45, 2.75) is 58.3 Å². The zero-order valence-corrected chi connectivity index (χ0v) is 22.8. The van der Waals surface area contributed by atoms with Gasteiger partial charge in [-0.25, -0.2) is 9.78 Å². The van der Waals surface area contributed by atoms with Gasteiger partial charge < -0.3 is 31.2 Å². The first-order valence-electron chi connectivity index (χ1n) is 12.1. The highest BCUT2D eigenvalue weighted by molar-refractivity contribution is 6.44. The van der Waals surface area contributed by atoms with Crippen molar-refractivity contribution in [2.75, 3.05) is 30.3 Å². The van der Waals surface area contributed by atoms with E-state index in [9.17, 15) is 9.59 Å². The Morgan fingerprint density at radius 2 is 1.89 bits per heavy atom. The van der Waals surface area contributed by atoms with E-state index in [1.165, 1.54) is 0 Å². The van der Waals surface area contributed by atoms with E-state index in [-0.39, 0.29) is 39.7 Å². The number of hydrogen-bond acceptors (Lipinski definition) is 8. The Balaban J connectivity index is 1.57. The van der Waals surface area contributed by atoms with Crippen molar-refractivity contribution in [2.24, 2.45) is 11.1 Å². The zero-order valence-electron chi connectivity index (χ0n) is 21.3. The molecule has 12 heteroatoms. The molecule has 2 fully saturated rings. The summed E-state index contributed by atoms with van der Waals surface area (Å²) >= 11 is 12.5. The zero-order chi connectivity index (χ0) is 27.1. The van der Waals surface area contributed by atoms with Gasteiger partial charge in [0.05, 0.1) is 34.4 Å². The Labute approximate surface area is 226 Å². The second-order valence-electron chi connectivity index (χ2n) is 10.6. The molecule has 5 N–H and O–H groups in total. The van der Waals surface area contributed by atoms with Crippen molar-refractivity contribution >= 4 is 47.0 Å². The van der Waals surface area contributed by atoms with Crippen LogP contribution in [0, 0.1) is 5.41 Å². The lowest BCUT2D eigenvalue weighted by molar-refractivity contribution is 0.0434. The van der Waals surface area contributed by atoms with E-state index in [1.54, 1.807) is 18.2 Å². The first-order chi connectivity index (χ1) is 17.3. The second-order valence-corrected chi connectivity index (χ2v) is 11.4. The molecule has 0 aliphatic carbocycles. The smallest absolute Gasteiger partial charge is 0.407 e. The first kappa shape index (κ1) is 27.2. The molecule has 1 aromatic heterocycles. The molecule has 2 saturated heterocycles. The Kier molecular flexibility index (Phi) is 7.47. The van der Waals surface area contributed by atoms with E-state index in [2.05, 4.69) is 15.3 Å². The van der Waals surface area contributed by atoms with Crippen molar-refractivity contribution in [3.05, 3.63) is 33.9 Å². The molecule has 0 radical (unpaired) electrons. The summed E-state index contributed by atoms with van der Waals surface area (Å²) in [6.07, 6.45) is 0.784. The Morgan fingerprint density at radius 1 is 1.22 bits per heavy atom. The van der Waals surface area contributed by atoms with Crippen LogP contribution in [0.15, 0.2) is 18.2 Å². The summed E-state index contributed by atoms with van der Waals surface area (Å²) in [6, 6.07) is 4.80. The standard InChI is InChI=1S/C25H32Cl2N6O4/c1-13-19(31-23(35)37-24(2,3)4)25(12-36-13)8-10-33(11-9-25)22-30-18(21(29)34)16(20(28)32-22)14-6-5-7-15(26)17(14)27/h5-7,13,19H,8-12H2,1-4H3,(H2,29,34)(H,31,35)(H2,28,30,32)/t13-,19+/m0/s1. The number of primary amides is 1. The molecule has 3 heterocycles. The Bertz CT molecular complexity index is 1210. The molecule has 200 valence electrons. The number of nitrogens with two attached hydrogens (primary N) is 2. The summed E-state index contributed by atoms with van der Waals surface area (Å²) in [5.41, 5.74) is 11.8. The molecule has 1 aromatic carbocycles. The van der Waals surface area contributed by atoms with E-state index in [0.717, 1.165) is 0 Å². The third kappa shape index (κ3) is 5.56. The molecule has 2 atom stereocenters. The summed E-state index contributed by atoms with van der Waals surface area (Å²) < 4.78 is 11.4. The van der Waals surface area contributed by atoms with Gasteiger partial charge in [-0.1, -0.05) is 35.3 Å². The molecule has 37 heavy (non-hydrogen) atoms. The van der Waals surface area contributed by atoms with Crippen LogP contribution < -0.4 is 21.7 Å². The number of carbonyl (C=O) groups excluding carboxylic acids is 2. The molecular weight excluding hydrogens is 519 g/mol. The lowest BCUT2D eigenvalue weighted by Gasteiger charge is -2.42. The fraction of sp³-hybridized carbons (Fsp3) is 0.520. The fourth-order valence-electron chi connectivity index (χ4n) is 5.04. The number of benzene rings is 1. The van der Waals surface area contributed by atoms with Gasteiger partial charge in [0.25, 0.3) is 5.91 Å². The summed E-state index contributed by atoms with van der Waals surface area (Å²) in [7, 11) is 0. The highest BCUT2D eigenvalue weighted by Gasteiger charge is 2.50. The van der Waals surface area contributed by atoms with Gasteiger partial charge in [0.15, 0.2) is 0 Å². The number of aromatic nitrogens is 2. The average molecular weight is 551 g/mol. The molecule has 10 nitrogen and oxygen atoms in total. The van der Waals surface area contributed by atoms with Crippen LogP contribution in [0.5, 0.6) is 0 Å². The molecule has 0 bridgehead atoms. The number of rotatable bonds is 4. The minimum atomic E-state index is -0.755. The second kappa shape index (κ2) is 10.2. The maximum atomic E-state index is 12.5. The highest BCUT2D eigenvalue weighted by Crippen LogP contribution is 2.43. The van der Waals surface area contributed by atoms with Gasteiger partial charge in [0.1, 0.15) is 17.1 Å². The maximum absolute atomic E-state index is 12.5. The van der Waals surface area contributed by atoms with Gasteiger partial charge in [0, 0.05) is 24.1 Å². The summed E-state index contributed by atoms with van der Waals surface area (Å²) in [5.74, 6) is -0.383. The SMILES string of the molecule is C[C@@H]1OCC2(CCN(c3nc(N)c(-c4cccc(Cl)c4Cl)c(C(N)=O)n3)CC2)[C@@H]1NC(=O)OC(C)(C)C. The summed E-state index contributed by atoms with van der Waals surface area (Å²) in [5, 5.41) is 3.57. The molecule has 2 aromatic rings. The lowest BCUT2D eigenvalue weighted by atomic mass is 9.73. The van der Waals surface area contributed by atoms with E-state index in [4.69, 9.17) is 44.1 Å². The third-order valence-electron chi connectivity index (χ3n) is 6.86. The molecule has 2 amide bonds. The number of nitrogens with zero attached hydrogens (tertiary/aromatic N) is 3. The maximum Gasteiger partial charge on any atom is 0.407 e. The minimum absolute atomic E-state index is 0.0331. The van der Waals surface area contributed by atoms with E-state index < -0.39 is 17.6 Å². The number of halogens is 2. The van der Waals surface area contributed by atoms with Gasteiger partial charge in [0.2, 0.25) is 5.95 Å². The van der Waals surface area contributed by atoms with E-state index in [1.807, 2.05) is 32.6 Å². The molecule has 4 rings (SSSR count). The number of piperidine rings is 1. The number of hydrogen-bond donors (Lipinski definition) is 3. The molecule has 0 saturated carbocycles. The topological polar surface area (TPSA) is 146 Å². The summed E-state index contributed by atoms with van der Waals surface area (Å²) in [6.45, 7) is 9.08. The number of nitrogen functional groups attached to an aromatic ring is 1. The van der Waals surface area contributed by atoms with Gasteiger partial charge in [-0.15, -0.1) is 0 Å². The van der Waals surface area contributed by atoms with Crippen LogP contribution >= 0.6 is 23.2 Å². The molecular formula is C25H32Cl2N6O4. The molecule has 1 spiro atoms. The number of alkyl carbamates (subject to hydrolysis) is 1. The van der Waals surface area contributed by atoms with Gasteiger partial charge >= 0.3 is 6.09 Å². The largest absolute Gasteiger partial charge is 0.444 e. The molecule has 0 unspecified atom stereocenters. The van der Waals surface area contributed by atoms with Crippen LogP contribution in [0.2, 0.25) is 10.0 Å². The van der Waals surface area contributed by atoms with Crippen LogP contribution in [0.1, 0.15) is 51.0 Å². The minimum Gasteiger partial charge on any atom is -0.444 e. The van der Waals surface area contributed by atoms with Crippen molar-refractivity contribution in [1.82, 2.24) is 15.3 Å². The van der Waals surface area contributed by atoms with Crippen LogP contribution in [-0.4, -0.2) is 59.4 Å². The average Bonchev–Trinajstić information content (AvgIpc) is 3.09. The number of amides is 2. The van der Waals surface area contributed by atoms with Crippen LogP contribution in [0.3, 0.4) is 0 Å². The highest BCUT2D eigenvalue weighted by atomic mass is 35.5. The van der Waals surface area contributed by atoms with Crippen LogP contribution in [-0.2, 0) is 9.47 Å². The van der Waals surface area contributed by atoms with Gasteiger partial charge in [-0.05, 0) is 46.6 Å². The Hall–Kier alpha value is -2.82. The molecule has 2 aliphatic rings. The predicted octanol–water partition coefficient (Wildman–Crippen LogP) is 4.03. The first-order valence-corrected chi connectivity index (χ1v) is 12.8.